The van der Waals surface area contributed by atoms with E-state index in [4.69, 9.17) is 0 Å². The highest BCUT2D eigenvalue weighted by atomic mass is 17.1. The van der Waals surface area contributed by atoms with Crippen molar-refractivity contribution < 1.29 is 20.0 Å². The van der Waals surface area contributed by atoms with Gasteiger partial charge in [0, 0.05) is 0 Å². The van der Waals surface area contributed by atoms with Gasteiger partial charge >= 0.3 is 5.97 Å². The Hall–Kier alpha value is -1.39. The van der Waals surface area contributed by atoms with Crippen LogP contribution >= 0.6 is 0 Å². The third-order valence-electron chi connectivity index (χ3n) is 6.54. The van der Waals surface area contributed by atoms with E-state index >= 15 is 0 Å². The summed E-state index contributed by atoms with van der Waals surface area (Å²) in [6.07, 6.45) is 5.85. The Morgan fingerprint density at radius 2 is 1.83 bits per heavy atom. The van der Waals surface area contributed by atoms with Crippen molar-refractivity contribution in [1.82, 2.24) is 0 Å². The van der Waals surface area contributed by atoms with Gasteiger partial charge in [-0.05, 0) is 73.0 Å². The zero-order chi connectivity index (χ0) is 16.1. The fourth-order valence-electron chi connectivity index (χ4n) is 6.21. The highest BCUT2D eigenvalue weighted by Crippen LogP contribution is 2.67. The smallest absolute Gasteiger partial charge is 0.309 e. The summed E-state index contributed by atoms with van der Waals surface area (Å²) in [4.78, 5) is 16.5. The maximum absolute atomic E-state index is 11.9. The van der Waals surface area contributed by atoms with Gasteiger partial charge < -0.3 is 5.11 Å². The number of hydrogen-bond acceptors (Lipinski definition) is 2. The number of carboxylic acids is 1. The number of aliphatic carboxylic acids is 1. The SMILES string of the molecule is [O]OC(CC12C[C@H]3C[C@@H](C1)CC(C(=O)O)(C3)C2)c1ccccc1. The Morgan fingerprint density at radius 3 is 2.39 bits per heavy atom. The molecule has 4 aliphatic carbocycles. The molecule has 0 amide bonds. The largest absolute Gasteiger partial charge is 0.481 e. The summed E-state index contributed by atoms with van der Waals surface area (Å²) in [5.74, 6) is 0.390. The summed E-state index contributed by atoms with van der Waals surface area (Å²) in [5.41, 5.74) is 0.323. The molecule has 4 heteroatoms. The Bertz CT molecular complexity index is 583. The van der Waals surface area contributed by atoms with E-state index < -0.39 is 17.5 Å². The fourth-order valence-corrected chi connectivity index (χ4v) is 6.21. The first-order valence-corrected chi connectivity index (χ1v) is 8.61. The average molecular weight is 315 g/mol. The van der Waals surface area contributed by atoms with E-state index in [2.05, 4.69) is 4.89 Å². The van der Waals surface area contributed by atoms with Crippen LogP contribution in [0.5, 0.6) is 0 Å². The van der Waals surface area contributed by atoms with Crippen molar-refractivity contribution in [3.8, 4) is 0 Å². The molecule has 3 unspecified atom stereocenters. The second kappa shape index (κ2) is 5.32. The minimum Gasteiger partial charge on any atom is -0.481 e. The molecule has 123 valence electrons. The first-order chi connectivity index (χ1) is 11.0. The Balaban J connectivity index is 1.62. The van der Waals surface area contributed by atoms with Gasteiger partial charge in [-0.15, -0.1) is 0 Å². The van der Waals surface area contributed by atoms with E-state index in [-0.39, 0.29) is 5.41 Å². The quantitative estimate of drug-likeness (QED) is 0.655. The minimum atomic E-state index is -0.629. The van der Waals surface area contributed by atoms with Gasteiger partial charge in [-0.3, -0.25) is 4.79 Å². The van der Waals surface area contributed by atoms with Crippen molar-refractivity contribution in [3.63, 3.8) is 0 Å². The minimum absolute atomic E-state index is 0.0343. The molecule has 4 aliphatic rings. The van der Waals surface area contributed by atoms with Crippen molar-refractivity contribution in [2.24, 2.45) is 22.7 Å². The Labute approximate surface area is 136 Å². The highest BCUT2D eigenvalue weighted by molar-refractivity contribution is 5.75. The van der Waals surface area contributed by atoms with E-state index in [0.717, 1.165) is 37.7 Å². The summed E-state index contributed by atoms with van der Waals surface area (Å²) >= 11 is 0. The molecule has 0 aromatic heterocycles. The van der Waals surface area contributed by atoms with Crippen LogP contribution in [-0.2, 0) is 14.9 Å². The van der Waals surface area contributed by atoms with Crippen LogP contribution in [0.1, 0.15) is 56.6 Å². The number of carboxylic acid groups (broad SMARTS) is 1. The predicted molar refractivity (Wildman–Crippen MR) is 82.8 cm³/mol. The van der Waals surface area contributed by atoms with Gasteiger partial charge in [0.25, 0.3) is 0 Å². The van der Waals surface area contributed by atoms with Gasteiger partial charge in [-0.25, -0.2) is 0 Å². The van der Waals surface area contributed by atoms with Gasteiger partial charge in [0.15, 0.2) is 0 Å². The molecule has 1 radical (unpaired) electrons. The van der Waals surface area contributed by atoms with E-state index in [1.54, 1.807) is 0 Å². The lowest BCUT2D eigenvalue weighted by Crippen LogP contribution is -2.55. The molecular weight excluding hydrogens is 292 g/mol. The number of rotatable bonds is 5. The lowest BCUT2D eigenvalue weighted by atomic mass is 9.43. The van der Waals surface area contributed by atoms with Gasteiger partial charge in [0.05, 0.1) is 5.41 Å². The number of hydrogen-bond donors (Lipinski definition) is 1. The van der Waals surface area contributed by atoms with E-state index in [9.17, 15) is 15.2 Å². The van der Waals surface area contributed by atoms with Crippen LogP contribution < -0.4 is 0 Å². The van der Waals surface area contributed by atoms with Crippen molar-refractivity contribution in [1.29, 1.82) is 0 Å². The van der Waals surface area contributed by atoms with Crippen molar-refractivity contribution in [2.75, 3.05) is 0 Å². The summed E-state index contributed by atoms with van der Waals surface area (Å²) < 4.78 is 0. The van der Waals surface area contributed by atoms with Gasteiger partial charge in [-0.1, -0.05) is 30.3 Å². The van der Waals surface area contributed by atoms with Crippen molar-refractivity contribution >= 4 is 5.97 Å². The van der Waals surface area contributed by atoms with Crippen LogP contribution in [0.4, 0.5) is 0 Å². The molecule has 4 bridgehead atoms. The molecular formula is C19H23O4. The number of carbonyl (C=O) groups is 1. The van der Waals surface area contributed by atoms with Gasteiger partial charge in [-0.2, -0.15) is 4.89 Å². The molecule has 0 saturated heterocycles. The van der Waals surface area contributed by atoms with Gasteiger partial charge in [0.2, 0.25) is 0 Å². The highest BCUT2D eigenvalue weighted by Gasteiger charge is 2.61. The summed E-state index contributed by atoms with van der Waals surface area (Å²) in [6, 6.07) is 9.61. The van der Waals surface area contributed by atoms with Crippen molar-refractivity contribution in [3.05, 3.63) is 35.9 Å². The zero-order valence-electron chi connectivity index (χ0n) is 13.2. The van der Waals surface area contributed by atoms with Crippen LogP contribution in [0, 0.1) is 22.7 Å². The molecule has 4 fully saturated rings. The van der Waals surface area contributed by atoms with Crippen LogP contribution in [0.25, 0.3) is 0 Å². The standard InChI is InChI=1S/C19H23O4/c20-17(21)19-9-13-6-14(10-19)8-18(7-13,12-19)11-16(23-22)15-4-2-1-3-5-15/h1-5,13-14,16H,6-12H2,(H,20,21)/t13-,14+,16?,18?,19?. The molecule has 4 nitrogen and oxygen atoms in total. The maximum atomic E-state index is 11.9. The van der Waals surface area contributed by atoms with E-state index in [1.165, 1.54) is 6.42 Å². The normalized spacial score (nSPS) is 39.3. The first-order valence-electron chi connectivity index (χ1n) is 8.61. The lowest BCUT2D eigenvalue weighted by Gasteiger charge is -2.61. The zero-order valence-corrected chi connectivity index (χ0v) is 13.2. The van der Waals surface area contributed by atoms with E-state index in [0.29, 0.717) is 18.3 Å². The lowest BCUT2D eigenvalue weighted by molar-refractivity contribution is -0.346. The fraction of sp³-hybridized carbons (Fsp3) is 0.632. The molecule has 1 aromatic rings. The van der Waals surface area contributed by atoms with Crippen LogP contribution in [-0.4, -0.2) is 11.1 Å². The monoisotopic (exact) mass is 315 g/mol. The molecule has 5 atom stereocenters. The third kappa shape index (κ3) is 2.48. The number of benzene rings is 1. The summed E-state index contributed by atoms with van der Waals surface area (Å²) in [7, 11) is 0. The average Bonchev–Trinajstić information content (AvgIpc) is 2.52. The van der Waals surface area contributed by atoms with Gasteiger partial charge in [0.1, 0.15) is 6.10 Å². The van der Waals surface area contributed by atoms with Crippen LogP contribution in [0.2, 0.25) is 0 Å². The molecule has 0 spiro atoms. The molecule has 5 rings (SSSR count). The second-order valence-electron chi connectivity index (χ2n) is 8.25. The summed E-state index contributed by atoms with van der Waals surface area (Å²) in [5, 5.41) is 21.2. The molecule has 0 aliphatic heterocycles. The summed E-state index contributed by atoms with van der Waals surface area (Å²) in [6.45, 7) is 0. The molecule has 1 aromatic carbocycles. The molecule has 4 saturated carbocycles. The second-order valence-corrected chi connectivity index (χ2v) is 8.25. The topological polar surface area (TPSA) is 66.4 Å². The molecule has 23 heavy (non-hydrogen) atoms. The maximum Gasteiger partial charge on any atom is 0.309 e. The molecule has 0 heterocycles. The predicted octanol–water partition coefficient (Wildman–Crippen LogP) is 4.15. The van der Waals surface area contributed by atoms with Crippen LogP contribution in [0.3, 0.4) is 0 Å². The molecule has 1 N–H and O–H groups in total. The third-order valence-corrected chi connectivity index (χ3v) is 6.54. The Kier molecular flexibility index (Phi) is 3.50. The first kappa shape index (κ1) is 15.2. The Morgan fingerprint density at radius 1 is 1.17 bits per heavy atom. The van der Waals surface area contributed by atoms with Crippen LogP contribution in [0.15, 0.2) is 30.3 Å². The van der Waals surface area contributed by atoms with Crippen molar-refractivity contribution in [2.45, 2.75) is 51.0 Å². The van der Waals surface area contributed by atoms with E-state index in [1.807, 2.05) is 30.3 Å².